The predicted octanol–water partition coefficient (Wildman–Crippen LogP) is 4.04. The summed E-state index contributed by atoms with van der Waals surface area (Å²) in [4.78, 5) is 35.9. The van der Waals surface area contributed by atoms with Crippen molar-refractivity contribution >= 4 is 28.5 Å². The first-order valence-electron chi connectivity index (χ1n) is 8.67. The SMILES string of the molecule is Cc1ccc(OC(=O)/C=C/C(=O)OCC(=O)c2cccc3ccccc23)cc1. The zero-order valence-electron chi connectivity index (χ0n) is 15.3. The third-order valence-electron chi connectivity index (χ3n) is 4.03. The van der Waals surface area contributed by atoms with Crippen molar-refractivity contribution in [3.63, 3.8) is 0 Å². The molecule has 0 atom stereocenters. The highest BCUT2D eigenvalue weighted by Gasteiger charge is 2.12. The van der Waals surface area contributed by atoms with E-state index in [9.17, 15) is 14.4 Å². The summed E-state index contributed by atoms with van der Waals surface area (Å²) < 4.78 is 10.0. The van der Waals surface area contributed by atoms with E-state index in [2.05, 4.69) is 0 Å². The molecule has 5 heteroatoms. The number of aryl methyl sites for hydroxylation is 1. The number of ketones is 1. The number of ether oxygens (including phenoxy) is 2. The lowest BCUT2D eigenvalue weighted by atomic mass is 10.0. The van der Waals surface area contributed by atoms with E-state index in [1.54, 1.807) is 36.4 Å². The minimum absolute atomic E-state index is 0.319. The summed E-state index contributed by atoms with van der Waals surface area (Å²) in [5, 5.41) is 1.72. The van der Waals surface area contributed by atoms with Gasteiger partial charge in [-0.2, -0.15) is 0 Å². The largest absolute Gasteiger partial charge is 0.454 e. The van der Waals surface area contributed by atoms with Crippen LogP contribution in [0, 0.1) is 6.92 Å². The van der Waals surface area contributed by atoms with E-state index in [0.29, 0.717) is 11.3 Å². The molecule has 0 heterocycles. The fraction of sp³-hybridized carbons (Fsp3) is 0.0870. The average molecular weight is 374 g/mol. The van der Waals surface area contributed by atoms with Gasteiger partial charge in [0, 0.05) is 17.7 Å². The van der Waals surface area contributed by atoms with Gasteiger partial charge in [-0.05, 0) is 29.8 Å². The third kappa shape index (κ3) is 4.92. The fourth-order valence-electron chi connectivity index (χ4n) is 2.62. The minimum atomic E-state index is -0.797. The van der Waals surface area contributed by atoms with Crippen LogP contribution in [0.5, 0.6) is 5.75 Å². The molecule has 0 aliphatic heterocycles. The molecule has 0 amide bonds. The number of esters is 2. The Morgan fingerprint density at radius 1 is 0.821 bits per heavy atom. The van der Waals surface area contributed by atoms with Crippen molar-refractivity contribution in [2.45, 2.75) is 6.92 Å². The van der Waals surface area contributed by atoms with Crippen molar-refractivity contribution in [1.29, 1.82) is 0 Å². The van der Waals surface area contributed by atoms with Gasteiger partial charge in [0.2, 0.25) is 5.78 Å². The summed E-state index contributed by atoms with van der Waals surface area (Å²) in [7, 11) is 0. The van der Waals surface area contributed by atoms with Gasteiger partial charge in [-0.3, -0.25) is 4.79 Å². The van der Waals surface area contributed by atoms with Gasteiger partial charge in [0.05, 0.1) is 0 Å². The highest BCUT2D eigenvalue weighted by Crippen LogP contribution is 2.19. The normalized spacial score (nSPS) is 10.8. The molecule has 0 bridgehead atoms. The van der Waals surface area contributed by atoms with Gasteiger partial charge < -0.3 is 9.47 Å². The average Bonchev–Trinajstić information content (AvgIpc) is 2.71. The molecule has 0 unspecified atom stereocenters. The lowest BCUT2D eigenvalue weighted by Crippen LogP contribution is -2.13. The molecule has 0 aromatic heterocycles. The lowest BCUT2D eigenvalue weighted by molar-refractivity contribution is -0.137. The molecule has 3 aromatic carbocycles. The maximum atomic E-state index is 12.4. The number of carbonyl (C=O) groups is 3. The van der Waals surface area contributed by atoms with Crippen molar-refractivity contribution in [2.24, 2.45) is 0 Å². The molecule has 0 saturated heterocycles. The van der Waals surface area contributed by atoms with Crippen LogP contribution >= 0.6 is 0 Å². The highest BCUT2D eigenvalue weighted by atomic mass is 16.5. The van der Waals surface area contributed by atoms with Crippen LogP contribution in [-0.4, -0.2) is 24.3 Å². The Morgan fingerprint density at radius 3 is 2.29 bits per heavy atom. The van der Waals surface area contributed by atoms with E-state index in [1.807, 2.05) is 37.3 Å². The number of hydrogen-bond acceptors (Lipinski definition) is 5. The second-order valence-electron chi connectivity index (χ2n) is 6.13. The molecule has 0 radical (unpaired) electrons. The van der Waals surface area contributed by atoms with Crippen LogP contribution in [-0.2, 0) is 14.3 Å². The quantitative estimate of drug-likeness (QED) is 0.282. The van der Waals surface area contributed by atoms with Gasteiger partial charge in [0.25, 0.3) is 0 Å². The van der Waals surface area contributed by atoms with Crippen molar-refractivity contribution in [3.8, 4) is 5.75 Å². The van der Waals surface area contributed by atoms with Gasteiger partial charge in [0.15, 0.2) is 6.61 Å². The van der Waals surface area contributed by atoms with Crippen molar-refractivity contribution < 1.29 is 23.9 Å². The van der Waals surface area contributed by atoms with Crippen LogP contribution < -0.4 is 4.74 Å². The van der Waals surface area contributed by atoms with Crippen LogP contribution in [0.25, 0.3) is 10.8 Å². The second kappa shape index (κ2) is 8.77. The van der Waals surface area contributed by atoms with Crippen LogP contribution in [0.3, 0.4) is 0 Å². The molecule has 0 N–H and O–H groups in total. The molecule has 0 spiro atoms. The summed E-state index contributed by atoms with van der Waals surface area (Å²) in [6, 6.07) is 19.8. The van der Waals surface area contributed by atoms with Crippen LogP contribution in [0.15, 0.2) is 78.9 Å². The van der Waals surface area contributed by atoms with Gasteiger partial charge in [-0.1, -0.05) is 60.2 Å². The Balaban J connectivity index is 1.54. The van der Waals surface area contributed by atoms with Gasteiger partial charge in [-0.15, -0.1) is 0 Å². The van der Waals surface area contributed by atoms with E-state index in [1.165, 1.54) is 0 Å². The van der Waals surface area contributed by atoms with Gasteiger partial charge in [-0.25, -0.2) is 9.59 Å². The summed E-state index contributed by atoms with van der Waals surface area (Å²) in [6.45, 7) is 1.51. The second-order valence-corrected chi connectivity index (χ2v) is 6.13. The van der Waals surface area contributed by atoms with Crippen LogP contribution in [0.2, 0.25) is 0 Å². The number of carbonyl (C=O) groups excluding carboxylic acids is 3. The standard InChI is InChI=1S/C23H18O5/c1-16-9-11-18(12-10-16)28-23(26)14-13-22(25)27-15-21(24)20-8-4-6-17-5-2-3-7-19(17)20/h2-14H,15H2,1H3/b14-13+. The van der Waals surface area contributed by atoms with E-state index in [-0.39, 0.29) is 5.78 Å². The van der Waals surface area contributed by atoms with Crippen molar-refractivity contribution in [2.75, 3.05) is 6.61 Å². The maximum Gasteiger partial charge on any atom is 0.336 e. The van der Waals surface area contributed by atoms with Crippen molar-refractivity contribution in [1.82, 2.24) is 0 Å². The van der Waals surface area contributed by atoms with Crippen molar-refractivity contribution in [3.05, 3.63) is 90.0 Å². The zero-order valence-corrected chi connectivity index (χ0v) is 15.3. The Bertz CT molecular complexity index is 1040. The Labute approximate surface area is 162 Å². The van der Waals surface area contributed by atoms with E-state index in [0.717, 1.165) is 28.5 Å². The molecule has 0 aliphatic carbocycles. The van der Waals surface area contributed by atoms with Gasteiger partial charge >= 0.3 is 11.9 Å². The molecule has 0 fully saturated rings. The molecule has 0 saturated carbocycles. The smallest absolute Gasteiger partial charge is 0.336 e. The number of rotatable bonds is 6. The third-order valence-corrected chi connectivity index (χ3v) is 4.03. The molecule has 0 aliphatic rings. The number of Topliss-reactive ketones (excluding diaryl/α,β-unsaturated/α-hetero) is 1. The molecule has 3 aromatic rings. The predicted molar refractivity (Wildman–Crippen MR) is 105 cm³/mol. The molecular formula is C23H18O5. The first-order valence-corrected chi connectivity index (χ1v) is 8.67. The zero-order chi connectivity index (χ0) is 19.9. The maximum absolute atomic E-state index is 12.4. The molecule has 140 valence electrons. The summed E-state index contributed by atoms with van der Waals surface area (Å²) in [6.07, 6.45) is 1.90. The Kier molecular flexibility index (Phi) is 5.97. The number of hydrogen-bond donors (Lipinski definition) is 0. The van der Waals surface area contributed by atoms with Gasteiger partial charge in [0.1, 0.15) is 5.75 Å². The monoisotopic (exact) mass is 374 g/mol. The first-order chi connectivity index (χ1) is 13.5. The summed E-state index contributed by atoms with van der Waals surface area (Å²) >= 11 is 0. The molecule has 5 nitrogen and oxygen atoms in total. The van der Waals surface area contributed by atoms with Crippen LogP contribution in [0.4, 0.5) is 0 Å². The molecule has 28 heavy (non-hydrogen) atoms. The summed E-state index contributed by atoms with van der Waals surface area (Å²) in [5.74, 6) is -1.45. The Morgan fingerprint density at radius 2 is 1.50 bits per heavy atom. The van der Waals surface area contributed by atoms with E-state index < -0.39 is 18.5 Å². The van der Waals surface area contributed by atoms with Crippen LogP contribution in [0.1, 0.15) is 15.9 Å². The molecular weight excluding hydrogens is 356 g/mol. The highest BCUT2D eigenvalue weighted by molar-refractivity contribution is 6.09. The molecule has 3 rings (SSSR count). The summed E-state index contributed by atoms with van der Waals surface area (Å²) in [5.41, 5.74) is 1.52. The number of benzene rings is 3. The van der Waals surface area contributed by atoms with E-state index >= 15 is 0 Å². The first kappa shape index (κ1) is 19.0. The number of fused-ring (bicyclic) bond motifs is 1. The fourth-order valence-corrected chi connectivity index (χ4v) is 2.62. The van der Waals surface area contributed by atoms with E-state index in [4.69, 9.17) is 9.47 Å². The topological polar surface area (TPSA) is 69.7 Å². The minimum Gasteiger partial charge on any atom is -0.454 e. The Hall–Kier alpha value is -3.73. The lowest BCUT2D eigenvalue weighted by Gasteiger charge is -2.06.